The average molecular weight is 264 g/mol. The molecule has 3 nitrogen and oxygen atoms in total. The normalized spacial score (nSPS) is 20.6. The minimum absolute atomic E-state index is 0.0875. The Labute approximate surface area is 115 Å². The van der Waals surface area contributed by atoms with Crippen LogP contribution < -0.4 is 0 Å². The predicted octanol–water partition coefficient (Wildman–Crippen LogP) is 3.59. The summed E-state index contributed by atoms with van der Waals surface area (Å²) in [4.78, 5) is 23.2. The summed E-state index contributed by atoms with van der Waals surface area (Å²) in [6, 6.07) is 0. The van der Waals surface area contributed by atoms with Crippen LogP contribution in [0.15, 0.2) is 24.3 Å². The van der Waals surface area contributed by atoms with Gasteiger partial charge in [-0.25, -0.2) is 4.79 Å². The number of allylic oxidation sites excluding steroid dienone is 2. The molecule has 1 aliphatic carbocycles. The first-order chi connectivity index (χ1) is 8.78. The van der Waals surface area contributed by atoms with Crippen molar-refractivity contribution in [2.24, 2.45) is 5.92 Å². The van der Waals surface area contributed by atoms with E-state index < -0.39 is 5.60 Å². The Morgan fingerprint density at radius 2 is 2.05 bits per heavy atom. The van der Waals surface area contributed by atoms with Gasteiger partial charge >= 0.3 is 5.97 Å². The smallest absolute Gasteiger partial charge is 0.331 e. The van der Waals surface area contributed by atoms with Crippen molar-refractivity contribution in [2.75, 3.05) is 0 Å². The topological polar surface area (TPSA) is 43.4 Å². The molecule has 3 heteroatoms. The fourth-order valence-electron chi connectivity index (χ4n) is 2.18. The minimum Gasteiger partial charge on any atom is -0.457 e. The minimum atomic E-state index is -0.484. The van der Waals surface area contributed by atoms with Crippen LogP contribution in [0.5, 0.6) is 0 Å². The molecule has 0 aromatic heterocycles. The first kappa shape index (κ1) is 15.7. The molecule has 19 heavy (non-hydrogen) atoms. The maximum Gasteiger partial charge on any atom is 0.331 e. The Bertz CT molecular complexity index is 385. The van der Waals surface area contributed by atoms with Gasteiger partial charge in [-0.05, 0) is 40.0 Å². The van der Waals surface area contributed by atoms with E-state index in [0.29, 0.717) is 18.6 Å². The monoisotopic (exact) mass is 264 g/mol. The van der Waals surface area contributed by atoms with E-state index in [1.807, 2.05) is 20.8 Å². The molecule has 0 aromatic carbocycles. The van der Waals surface area contributed by atoms with Crippen LogP contribution in [0.4, 0.5) is 0 Å². The zero-order chi connectivity index (χ0) is 14.5. The van der Waals surface area contributed by atoms with Gasteiger partial charge in [-0.3, -0.25) is 4.79 Å². The molecule has 1 rings (SSSR count). The summed E-state index contributed by atoms with van der Waals surface area (Å²) in [5.41, 5.74) is 0.327. The molecule has 0 amide bonds. The summed E-state index contributed by atoms with van der Waals surface area (Å²) in [7, 11) is 0. The third-order valence-corrected chi connectivity index (χ3v) is 3.05. The number of esters is 1. The van der Waals surface area contributed by atoms with Gasteiger partial charge in [0.2, 0.25) is 0 Å². The van der Waals surface area contributed by atoms with Crippen LogP contribution in [0, 0.1) is 5.92 Å². The zero-order valence-electron chi connectivity index (χ0n) is 12.2. The van der Waals surface area contributed by atoms with Gasteiger partial charge in [0.25, 0.3) is 0 Å². The van der Waals surface area contributed by atoms with E-state index in [9.17, 15) is 9.59 Å². The molecule has 0 saturated heterocycles. The van der Waals surface area contributed by atoms with Crippen molar-refractivity contribution >= 4 is 11.8 Å². The maximum absolute atomic E-state index is 11.7. The van der Waals surface area contributed by atoms with Crippen molar-refractivity contribution in [1.82, 2.24) is 0 Å². The lowest BCUT2D eigenvalue weighted by Crippen LogP contribution is -2.22. The van der Waals surface area contributed by atoms with E-state index in [0.717, 1.165) is 24.8 Å². The second kappa shape index (κ2) is 6.69. The van der Waals surface area contributed by atoms with Gasteiger partial charge in [-0.2, -0.15) is 0 Å². The highest BCUT2D eigenvalue weighted by Crippen LogP contribution is 2.26. The van der Waals surface area contributed by atoms with Gasteiger partial charge in [-0.1, -0.05) is 24.6 Å². The first-order valence-electron chi connectivity index (χ1n) is 6.89. The van der Waals surface area contributed by atoms with Gasteiger partial charge in [-0.15, -0.1) is 0 Å². The lowest BCUT2D eigenvalue weighted by Gasteiger charge is -2.20. The van der Waals surface area contributed by atoms with E-state index >= 15 is 0 Å². The lowest BCUT2D eigenvalue weighted by atomic mass is 9.84. The molecular weight excluding hydrogens is 240 g/mol. The summed E-state index contributed by atoms with van der Waals surface area (Å²) >= 11 is 0. The number of Topliss-reactive ketones (excluding diaryl/α,β-unsaturated/α-hetero) is 1. The standard InChI is InChI=1S/C16H24O3/c1-12(9-10-15(18)19-16(2,3)4)11-13-7-5-6-8-14(13)17/h9-10,13H,1,5-8,11H2,2-4H3/b10-9+. The quantitative estimate of drug-likeness (QED) is 0.443. The molecule has 0 aromatic rings. The van der Waals surface area contributed by atoms with Crippen LogP contribution in [0.3, 0.4) is 0 Å². The van der Waals surface area contributed by atoms with Crippen molar-refractivity contribution in [1.29, 1.82) is 0 Å². The summed E-state index contributed by atoms with van der Waals surface area (Å²) < 4.78 is 5.17. The first-order valence-corrected chi connectivity index (χ1v) is 6.89. The van der Waals surface area contributed by atoms with Crippen molar-refractivity contribution in [3.8, 4) is 0 Å². The number of carbonyl (C=O) groups excluding carboxylic acids is 2. The van der Waals surface area contributed by atoms with Crippen LogP contribution in [-0.4, -0.2) is 17.4 Å². The molecule has 0 aliphatic heterocycles. The summed E-state index contributed by atoms with van der Waals surface area (Å²) in [5, 5.41) is 0. The molecular formula is C16H24O3. The number of hydrogen-bond donors (Lipinski definition) is 0. The third kappa shape index (κ3) is 6.37. The van der Waals surface area contributed by atoms with Gasteiger partial charge in [0.05, 0.1) is 0 Å². The largest absolute Gasteiger partial charge is 0.457 e. The highest BCUT2D eigenvalue weighted by atomic mass is 16.6. The van der Waals surface area contributed by atoms with Crippen LogP contribution in [0.25, 0.3) is 0 Å². The Hall–Kier alpha value is -1.38. The predicted molar refractivity (Wildman–Crippen MR) is 75.7 cm³/mol. The van der Waals surface area contributed by atoms with Crippen molar-refractivity contribution in [3.05, 3.63) is 24.3 Å². The molecule has 106 valence electrons. The van der Waals surface area contributed by atoms with Crippen LogP contribution >= 0.6 is 0 Å². The highest BCUT2D eigenvalue weighted by molar-refractivity contribution is 5.83. The Morgan fingerprint density at radius 3 is 2.63 bits per heavy atom. The fraction of sp³-hybridized carbons (Fsp3) is 0.625. The fourth-order valence-corrected chi connectivity index (χ4v) is 2.18. The molecule has 0 radical (unpaired) electrons. The van der Waals surface area contributed by atoms with E-state index in [4.69, 9.17) is 4.74 Å². The van der Waals surface area contributed by atoms with E-state index in [1.165, 1.54) is 6.08 Å². The van der Waals surface area contributed by atoms with Crippen LogP contribution in [0.1, 0.15) is 52.9 Å². The maximum atomic E-state index is 11.7. The van der Waals surface area contributed by atoms with Crippen LogP contribution in [-0.2, 0) is 14.3 Å². The van der Waals surface area contributed by atoms with Gasteiger partial charge in [0, 0.05) is 18.4 Å². The average Bonchev–Trinajstić information content (AvgIpc) is 2.27. The Morgan fingerprint density at radius 1 is 1.37 bits per heavy atom. The van der Waals surface area contributed by atoms with Crippen molar-refractivity contribution in [2.45, 2.75) is 58.5 Å². The summed E-state index contributed by atoms with van der Waals surface area (Å²) in [5.74, 6) is 0.0474. The number of carbonyl (C=O) groups is 2. The molecule has 0 bridgehead atoms. The highest BCUT2D eigenvalue weighted by Gasteiger charge is 2.22. The number of hydrogen-bond acceptors (Lipinski definition) is 3. The van der Waals surface area contributed by atoms with E-state index in [2.05, 4.69) is 6.58 Å². The van der Waals surface area contributed by atoms with Gasteiger partial charge < -0.3 is 4.74 Å². The molecule has 0 heterocycles. The molecule has 0 spiro atoms. The third-order valence-electron chi connectivity index (χ3n) is 3.05. The van der Waals surface area contributed by atoms with Crippen molar-refractivity contribution in [3.63, 3.8) is 0 Å². The van der Waals surface area contributed by atoms with Crippen molar-refractivity contribution < 1.29 is 14.3 Å². The molecule has 1 fully saturated rings. The van der Waals surface area contributed by atoms with E-state index in [1.54, 1.807) is 6.08 Å². The summed E-state index contributed by atoms with van der Waals surface area (Å²) in [6.45, 7) is 9.39. The number of ketones is 1. The second-order valence-electron chi connectivity index (χ2n) is 6.14. The Balaban J connectivity index is 2.42. The number of rotatable bonds is 4. The Kier molecular flexibility index (Phi) is 5.52. The molecule has 1 atom stereocenters. The summed E-state index contributed by atoms with van der Waals surface area (Å²) in [6.07, 6.45) is 7.45. The van der Waals surface area contributed by atoms with Crippen LogP contribution in [0.2, 0.25) is 0 Å². The van der Waals surface area contributed by atoms with Gasteiger partial charge in [0.15, 0.2) is 0 Å². The SMILES string of the molecule is C=C(/C=C/C(=O)OC(C)(C)C)CC1CCCCC1=O. The second-order valence-corrected chi connectivity index (χ2v) is 6.14. The van der Waals surface area contributed by atoms with E-state index in [-0.39, 0.29) is 11.9 Å². The molecule has 1 unspecified atom stereocenters. The number of ether oxygens (including phenoxy) is 1. The molecule has 1 aliphatic rings. The lowest BCUT2D eigenvalue weighted by molar-refractivity contribution is -0.148. The zero-order valence-corrected chi connectivity index (χ0v) is 12.2. The van der Waals surface area contributed by atoms with Gasteiger partial charge in [0.1, 0.15) is 11.4 Å². The molecule has 0 N–H and O–H groups in total. The molecule has 1 saturated carbocycles.